The number of para-hydroxylation sites is 1. The van der Waals surface area contributed by atoms with Crippen molar-refractivity contribution in [3.8, 4) is 0 Å². The van der Waals surface area contributed by atoms with E-state index in [2.05, 4.69) is 10.3 Å². The molecule has 0 saturated heterocycles. The molecule has 164 valence electrons. The molecule has 0 unspecified atom stereocenters. The van der Waals surface area contributed by atoms with Gasteiger partial charge in [0.05, 0.1) is 6.42 Å². The molecule has 4 saturated carbocycles. The average molecular weight is 423 g/mol. The van der Waals surface area contributed by atoms with Crippen molar-refractivity contribution < 1.29 is 19.1 Å². The maximum Gasteiger partial charge on any atom is 0.308 e. The molecular weight excluding hydrogens is 392 g/mol. The fourth-order valence-corrected chi connectivity index (χ4v) is 6.66. The predicted octanol–water partition coefficient (Wildman–Crippen LogP) is 4.01. The monoisotopic (exact) mass is 422 g/mol. The van der Waals surface area contributed by atoms with Crippen LogP contribution in [0, 0.1) is 23.2 Å². The van der Waals surface area contributed by atoms with E-state index in [0.717, 1.165) is 30.2 Å². The van der Waals surface area contributed by atoms with Gasteiger partial charge < -0.3 is 15.0 Å². The van der Waals surface area contributed by atoms with Crippen LogP contribution in [-0.2, 0) is 14.3 Å². The van der Waals surface area contributed by atoms with Gasteiger partial charge in [-0.15, -0.1) is 0 Å². The molecule has 1 amide bonds. The van der Waals surface area contributed by atoms with E-state index in [9.17, 15) is 14.4 Å². The molecule has 6 rings (SSSR count). The minimum Gasteiger partial charge on any atom is -0.454 e. The maximum atomic E-state index is 13.0. The van der Waals surface area contributed by atoms with Crippen molar-refractivity contribution in [2.45, 2.75) is 58.0 Å². The highest BCUT2D eigenvalue weighted by atomic mass is 16.5. The first-order valence-electron chi connectivity index (χ1n) is 11.5. The summed E-state index contributed by atoms with van der Waals surface area (Å²) in [5.74, 6) is 1.53. The van der Waals surface area contributed by atoms with Gasteiger partial charge in [-0.3, -0.25) is 14.4 Å². The van der Waals surface area contributed by atoms with Crippen LogP contribution in [0.15, 0.2) is 30.5 Å². The Morgan fingerprint density at radius 2 is 1.74 bits per heavy atom. The van der Waals surface area contributed by atoms with E-state index in [4.69, 9.17) is 4.74 Å². The first-order valence-corrected chi connectivity index (χ1v) is 11.5. The lowest BCUT2D eigenvalue weighted by atomic mass is 9.49. The zero-order chi connectivity index (χ0) is 21.6. The van der Waals surface area contributed by atoms with Crippen molar-refractivity contribution in [3.63, 3.8) is 0 Å². The van der Waals surface area contributed by atoms with E-state index < -0.39 is 12.1 Å². The third-order valence-corrected chi connectivity index (χ3v) is 7.67. The standard InChI is InChI=1S/C25H30N2O4/c1-15(23(29)20-14-27-21-5-3-2-4-19(20)21)31-22(28)6-7-26-24(30)25-11-16-8-17(12-25)10-18(9-16)13-25/h2-5,14-18,27H,6-13H2,1H3,(H,26,30)/t15-,16?,17?,18?,25?/m0/s1. The van der Waals surface area contributed by atoms with Crippen LogP contribution in [0.4, 0.5) is 0 Å². The van der Waals surface area contributed by atoms with Crippen molar-refractivity contribution in [1.82, 2.24) is 10.3 Å². The Hall–Kier alpha value is -2.63. The lowest BCUT2D eigenvalue weighted by Gasteiger charge is -2.55. The number of Topliss-reactive ketones (excluding diaryl/α,β-unsaturated/α-hetero) is 1. The van der Waals surface area contributed by atoms with E-state index in [0.29, 0.717) is 23.3 Å². The summed E-state index contributed by atoms with van der Waals surface area (Å²) in [6, 6.07) is 7.53. The van der Waals surface area contributed by atoms with Crippen molar-refractivity contribution in [3.05, 3.63) is 36.0 Å². The second-order valence-electron chi connectivity index (χ2n) is 9.95. The summed E-state index contributed by atoms with van der Waals surface area (Å²) in [6.45, 7) is 1.85. The second-order valence-corrected chi connectivity index (χ2v) is 9.95. The number of carbonyl (C=O) groups is 3. The van der Waals surface area contributed by atoms with Crippen LogP contribution < -0.4 is 5.32 Å². The fourth-order valence-electron chi connectivity index (χ4n) is 6.66. The lowest BCUT2D eigenvalue weighted by Crippen LogP contribution is -2.53. The fraction of sp³-hybridized carbons (Fsp3) is 0.560. The molecule has 1 aromatic carbocycles. The SMILES string of the molecule is C[C@H](OC(=O)CCNC(=O)C12CC3CC(CC(C3)C1)C2)C(=O)c1c[nH]c2ccccc12. The molecule has 2 N–H and O–H groups in total. The summed E-state index contributed by atoms with van der Waals surface area (Å²) in [7, 11) is 0. The minimum atomic E-state index is -0.870. The predicted molar refractivity (Wildman–Crippen MR) is 116 cm³/mol. The number of ether oxygens (including phenoxy) is 1. The molecule has 0 spiro atoms. The van der Waals surface area contributed by atoms with Gasteiger partial charge in [0.25, 0.3) is 0 Å². The Labute approximate surface area is 182 Å². The molecule has 4 bridgehead atoms. The smallest absolute Gasteiger partial charge is 0.308 e. The van der Waals surface area contributed by atoms with Crippen molar-refractivity contribution in [1.29, 1.82) is 0 Å². The normalized spacial score (nSPS) is 29.6. The van der Waals surface area contributed by atoms with Gasteiger partial charge in [0.15, 0.2) is 6.10 Å². The van der Waals surface area contributed by atoms with Gasteiger partial charge in [-0.25, -0.2) is 0 Å². The van der Waals surface area contributed by atoms with Gasteiger partial charge in [0.1, 0.15) is 0 Å². The molecule has 6 nitrogen and oxygen atoms in total. The van der Waals surface area contributed by atoms with E-state index in [1.54, 1.807) is 13.1 Å². The molecule has 0 aliphatic heterocycles. The number of aromatic nitrogens is 1. The number of hydrogen-bond acceptors (Lipinski definition) is 4. The number of benzene rings is 1. The summed E-state index contributed by atoms with van der Waals surface area (Å²) in [5.41, 5.74) is 1.18. The number of hydrogen-bond donors (Lipinski definition) is 2. The maximum absolute atomic E-state index is 13.0. The van der Waals surface area contributed by atoms with E-state index in [1.165, 1.54) is 19.3 Å². The molecule has 4 aliphatic rings. The summed E-state index contributed by atoms with van der Waals surface area (Å²) < 4.78 is 5.36. The number of amides is 1. The van der Waals surface area contributed by atoms with Gasteiger partial charge in [-0.2, -0.15) is 0 Å². The van der Waals surface area contributed by atoms with Crippen molar-refractivity contribution in [2.75, 3.05) is 6.54 Å². The summed E-state index contributed by atoms with van der Waals surface area (Å²) >= 11 is 0. The highest BCUT2D eigenvalue weighted by molar-refractivity contribution is 6.10. The Morgan fingerprint density at radius 1 is 1.10 bits per heavy atom. The molecule has 4 aliphatic carbocycles. The molecular formula is C25H30N2O4. The Balaban J connectivity index is 1.12. The minimum absolute atomic E-state index is 0.0730. The topological polar surface area (TPSA) is 88.3 Å². The van der Waals surface area contributed by atoms with Crippen molar-refractivity contribution >= 4 is 28.6 Å². The van der Waals surface area contributed by atoms with Gasteiger partial charge in [0, 0.05) is 34.6 Å². The van der Waals surface area contributed by atoms with Crippen LogP contribution in [0.5, 0.6) is 0 Å². The zero-order valence-corrected chi connectivity index (χ0v) is 18.0. The molecule has 1 aromatic heterocycles. The summed E-state index contributed by atoms with van der Waals surface area (Å²) in [6.07, 6.45) is 7.75. The number of esters is 1. The Kier molecular flexibility index (Phi) is 5.11. The van der Waals surface area contributed by atoms with Gasteiger partial charge in [-0.05, 0) is 69.3 Å². The van der Waals surface area contributed by atoms with E-state index in [1.807, 2.05) is 24.3 Å². The van der Waals surface area contributed by atoms with Crippen LogP contribution in [0.1, 0.15) is 62.2 Å². The first-order chi connectivity index (χ1) is 14.9. The second kappa shape index (κ2) is 7.81. The highest BCUT2D eigenvalue weighted by Crippen LogP contribution is 2.60. The van der Waals surface area contributed by atoms with Crippen LogP contribution in [-0.4, -0.2) is 35.3 Å². The van der Waals surface area contributed by atoms with E-state index in [-0.39, 0.29) is 30.1 Å². The molecule has 2 aromatic rings. The van der Waals surface area contributed by atoms with Crippen LogP contribution in [0.25, 0.3) is 10.9 Å². The van der Waals surface area contributed by atoms with Crippen LogP contribution in [0.3, 0.4) is 0 Å². The first kappa shape index (κ1) is 20.3. The van der Waals surface area contributed by atoms with Gasteiger partial charge >= 0.3 is 5.97 Å². The van der Waals surface area contributed by atoms with Gasteiger partial charge in [-0.1, -0.05) is 18.2 Å². The Morgan fingerprint density at radius 3 is 2.42 bits per heavy atom. The Bertz CT molecular complexity index is 988. The third kappa shape index (κ3) is 3.77. The average Bonchev–Trinajstić information content (AvgIpc) is 3.16. The molecule has 1 atom stereocenters. The highest BCUT2D eigenvalue weighted by Gasteiger charge is 2.54. The number of aromatic amines is 1. The molecule has 4 fully saturated rings. The van der Waals surface area contributed by atoms with E-state index >= 15 is 0 Å². The molecule has 0 radical (unpaired) electrons. The quantitative estimate of drug-likeness (QED) is 0.521. The lowest BCUT2D eigenvalue weighted by molar-refractivity contribution is -0.148. The number of H-pyrrole nitrogens is 1. The number of fused-ring (bicyclic) bond motifs is 1. The van der Waals surface area contributed by atoms with Crippen LogP contribution >= 0.6 is 0 Å². The molecule has 1 heterocycles. The largest absolute Gasteiger partial charge is 0.454 e. The number of carbonyl (C=O) groups excluding carboxylic acids is 3. The van der Waals surface area contributed by atoms with Gasteiger partial charge in [0.2, 0.25) is 11.7 Å². The van der Waals surface area contributed by atoms with Crippen molar-refractivity contribution in [2.24, 2.45) is 23.2 Å². The summed E-state index contributed by atoms with van der Waals surface area (Å²) in [4.78, 5) is 41.1. The van der Waals surface area contributed by atoms with Crippen LogP contribution in [0.2, 0.25) is 0 Å². The molecule has 6 heteroatoms. The number of ketones is 1. The number of nitrogens with one attached hydrogen (secondary N) is 2. The zero-order valence-electron chi connectivity index (χ0n) is 18.0. The number of rotatable bonds is 7. The third-order valence-electron chi connectivity index (χ3n) is 7.67. The molecule has 31 heavy (non-hydrogen) atoms. The summed E-state index contributed by atoms with van der Waals surface area (Å²) in [5, 5.41) is 3.81.